The molecule has 0 fully saturated rings. The Balaban J connectivity index is 1.89. The van der Waals surface area contributed by atoms with Crippen LogP contribution in [0.5, 0.6) is 11.5 Å². The summed E-state index contributed by atoms with van der Waals surface area (Å²) in [6, 6.07) is 13.6. The summed E-state index contributed by atoms with van der Waals surface area (Å²) in [5.74, 6) is 0.445. The molecule has 0 bridgehead atoms. The first kappa shape index (κ1) is 27.5. The Morgan fingerprint density at radius 3 is 2.31 bits per heavy atom. The number of carbonyl (C=O) groups excluding carboxylic acids is 2. The molecule has 2 aromatic carbocycles. The second-order valence-electron chi connectivity index (χ2n) is 7.98. The Morgan fingerprint density at radius 2 is 1.72 bits per heavy atom. The third kappa shape index (κ3) is 6.77. The second kappa shape index (κ2) is 13.3. The first-order chi connectivity index (χ1) is 17.4. The maximum Gasteiger partial charge on any atom is 0.359 e. The number of aryl methyl sites for hydroxylation is 1. The normalized spacial score (nSPS) is 10.7. The van der Waals surface area contributed by atoms with Crippen LogP contribution in [0.4, 0.5) is 0 Å². The quantitative estimate of drug-likeness (QED) is 0.274. The molecule has 0 unspecified atom stereocenters. The number of ether oxygens (including phenoxy) is 3. The Labute approximate surface area is 221 Å². The Morgan fingerprint density at radius 1 is 1.06 bits per heavy atom. The number of rotatable bonds is 12. The molecule has 0 atom stereocenters. The summed E-state index contributed by atoms with van der Waals surface area (Å²) < 4.78 is 16.4. The summed E-state index contributed by atoms with van der Waals surface area (Å²) in [5.41, 5.74) is 2.63. The SMILES string of the molecule is CCOC(=O)c1nc(CN(CCCc2ccccc2)C(=O)c2cc(OC)c(CC)c(OC)c2)sc1Cl. The van der Waals surface area contributed by atoms with Gasteiger partial charge in [-0.2, -0.15) is 0 Å². The standard InChI is InChI=1S/C27H31ClN2O5S/c1-5-20-21(33-3)15-19(16-22(20)34-4)26(31)30(14-10-13-18-11-8-7-9-12-18)17-23-29-24(25(28)36-23)27(32)35-6-2/h7-9,11-12,15-16H,5-6,10,13-14,17H2,1-4H3. The lowest BCUT2D eigenvalue weighted by Crippen LogP contribution is -2.32. The number of nitrogens with zero attached hydrogens (tertiary/aromatic N) is 2. The fourth-order valence-corrected chi connectivity index (χ4v) is 5.09. The summed E-state index contributed by atoms with van der Waals surface area (Å²) in [6.07, 6.45) is 2.27. The number of hydrogen-bond donors (Lipinski definition) is 0. The molecule has 3 aromatic rings. The largest absolute Gasteiger partial charge is 0.496 e. The zero-order valence-electron chi connectivity index (χ0n) is 21.0. The van der Waals surface area contributed by atoms with Gasteiger partial charge in [0.2, 0.25) is 0 Å². The van der Waals surface area contributed by atoms with Gasteiger partial charge in [0.15, 0.2) is 5.69 Å². The lowest BCUT2D eigenvalue weighted by molar-refractivity contribution is 0.0520. The number of halogens is 1. The van der Waals surface area contributed by atoms with E-state index in [1.54, 1.807) is 38.2 Å². The van der Waals surface area contributed by atoms with Gasteiger partial charge in [0.25, 0.3) is 5.91 Å². The van der Waals surface area contributed by atoms with Crippen molar-refractivity contribution < 1.29 is 23.8 Å². The highest BCUT2D eigenvalue weighted by Crippen LogP contribution is 2.32. The van der Waals surface area contributed by atoms with Gasteiger partial charge in [-0.3, -0.25) is 4.79 Å². The zero-order chi connectivity index (χ0) is 26.1. The van der Waals surface area contributed by atoms with Crippen LogP contribution in [0.15, 0.2) is 42.5 Å². The van der Waals surface area contributed by atoms with Crippen LogP contribution in [-0.4, -0.2) is 49.1 Å². The molecule has 192 valence electrons. The topological polar surface area (TPSA) is 78.0 Å². The number of thiazole rings is 1. The van der Waals surface area contributed by atoms with Crippen LogP contribution in [0.1, 0.15) is 57.2 Å². The fraction of sp³-hybridized carbons (Fsp3) is 0.370. The van der Waals surface area contributed by atoms with E-state index in [9.17, 15) is 9.59 Å². The van der Waals surface area contributed by atoms with Crippen molar-refractivity contribution in [3.05, 3.63) is 74.2 Å². The molecule has 0 N–H and O–H groups in total. The number of aromatic nitrogens is 1. The summed E-state index contributed by atoms with van der Waals surface area (Å²) in [5, 5.41) is 0.556. The predicted octanol–water partition coefficient (Wildman–Crippen LogP) is 5.83. The van der Waals surface area contributed by atoms with E-state index in [0.29, 0.717) is 35.0 Å². The Kier molecular flexibility index (Phi) is 10.1. The zero-order valence-corrected chi connectivity index (χ0v) is 22.6. The molecule has 0 aliphatic heterocycles. The number of hydrogen-bond acceptors (Lipinski definition) is 7. The molecule has 0 saturated heterocycles. The van der Waals surface area contributed by atoms with E-state index in [-0.39, 0.29) is 29.1 Å². The lowest BCUT2D eigenvalue weighted by atomic mass is 10.0. The molecule has 0 saturated carbocycles. The van der Waals surface area contributed by atoms with Crippen LogP contribution in [0.25, 0.3) is 0 Å². The average Bonchev–Trinajstić information content (AvgIpc) is 3.27. The third-order valence-electron chi connectivity index (χ3n) is 5.66. The fourth-order valence-electron chi connectivity index (χ4n) is 3.91. The Bertz CT molecular complexity index is 1160. The van der Waals surface area contributed by atoms with Crippen molar-refractivity contribution in [3.8, 4) is 11.5 Å². The Hall–Kier alpha value is -3.10. The van der Waals surface area contributed by atoms with Crippen molar-refractivity contribution in [3.63, 3.8) is 0 Å². The van der Waals surface area contributed by atoms with Crippen molar-refractivity contribution >= 4 is 34.8 Å². The molecule has 0 spiro atoms. The number of esters is 1. The van der Waals surface area contributed by atoms with E-state index in [1.807, 2.05) is 25.1 Å². The van der Waals surface area contributed by atoms with Crippen molar-refractivity contribution in [1.29, 1.82) is 0 Å². The van der Waals surface area contributed by atoms with E-state index in [4.69, 9.17) is 25.8 Å². The highest BCUT2D eigenvalue weighted by Gasteiger charge is 2.24. The molecular weight excluding hydrogens is 500 g/mol. The van der Waals surface area contributed by atoms with Crippen LogP contribution in [-0.2, 0) is 24.1 Å². The van der Waals surface area contributed by atoms with Crippen LogP contribution in [0.2, 0.25) is 4.34 Å². The van der Waals surface area contributed by atoms with Crippen LogP contribution in [0, 0.1) is 0 Å². The molecule has 0 aliphatic carbocycles. The molecular formula is C27H31ClN2O5S. The van der Waals surface area contributed by atoms with Gasteiger partial charge in [0, 0.05) is 17.7 Å². The molecule has 3 rings (SSSR count). The van der Waals surface area contributed by atoms with E-state index < -0.39 is 5.97 Å². The van der Waals surface area contributed by atoms with Gasteiger partial charge < -0.3 is 19.1 Å². The summed E-state index contributed by atoms with van der Waals surface area (Å²) >= 11 is 7.44. The summed E-state index contributed by atoms with van der Waals surface area (Å²) in [7, 11) is 3.16. The molecule has 1 amide bonds. The van der Waals surface area contributed by atoms with Gasteiger partial charge in [-0.15, -0.1) is 11.3 Å². The minimum Gasteiger partial charge on any atom is -0.496 e. The number of amides is 1. The molecule has 36 heavy (non-hydrogen) atoms. The van der Waals surface area contributed by atoms with Crippen LogP contribution in [0.3, 0.4) is 0 Å². The van der Waals surface area contributed by atoms with Crippen molar-refractivity contribution in [2.24, 2.45) is 0 Å². The van der Waals surface area contributed by atoms with Gasteiger partial charge >= 0.3 is 5.97 Å². The molecule has 9 heteroatoms. The molecule has 0 aliphatic rings. The number of carbonyl (C=O) groups is 2. The second-order valence-corrected chi connectivity index (χ2v) is 9.66. The summed E-state index contributed by atoms with van der Waals surface area (Å²) in [6.45, 7) is 4.64. The minimum absolute atomic E-state index is 0.0749. The van der Waals surface area contributed by atoms with Crippen LogP contribution < -0.4 is 9.47 Å². The first-order valence-corrected chi connectivity index (χ1v) is 13.0. The van der Waals surface area contributed by atoms with E-state index in [1.165, 1.54) is 16.9 Å². The van der Waals surface area contributed by atoms with E-state index in [0.717, 1.165) is 18.4 Å². The summed E-state index contributed by atoms with van der Waals surface area (Å²) in [4.78, 5) is 32.0. The molecule has 0 radical (unpaired) electrons. The van der Waals surface area contributed by atoms with Gasteiger partial charge in [0.1, 0.15) is 20.8 Å². The van der Waals surface area contributed by atoms with Crippen LogP contribution >= 0.6 is 22.9 Å². The van der Waals surface area contributed by atoms with E-state index >= 15 is 0 Å². The van der Waals surface area contributed by atoms with Crippen molar-refractivity contribution in [2.75, 3.05) is 27.4 Å². The average molecular weight is 531 g/mol. The molecule has 7 nitrogen and oxygen atoms in total. The lowest BCUT2D eigenvalue weighted by Gasteiger charge is -2.23. The highest BCUT2D eigenvalue weighted by atomic mass is 35.5. The number of benzene rings is 2. The smallest absolute Gasteiger partial charge is 0.359 e. The van der Waals surface area contributed by atoms with E-state index in [2.05, 4.69) is 17.1 Å². The molecule has 1 heterocycles. The first-order valence-electron chi connectivity index (χ1n) is 11.8. The minimum atomic E-state index is -0.573. The van der Waals surface area contributed by atoms with Gasteiger partial charge in [-0.25, -0.2) is 9.78 Å². The van der Waals surface area contributed by atoms with Crippen molar-refractivity contribution in [1.82, 2.24) is 9.88 Å². The van der Waals surface area contributed by atoms with Gasteiger partial charge in [-0.1, -0.05) is 48.9 Å². The van der Waals surface area contributed by atoms with Crippen molar-refractivity contribution in [2.45, 2.75) is 39.7 Å². The maximum atomic E-state index is 13.7. The maximum absolute atomic E-state index is 13.7. The highest BCUT2D eigenvalue weighted by molar-refractivity contribution is 7.16. The van der Waals surface area contributed by atoms with Gasteiger partial charge in [0.05, 0.1) is 27.4 Å². The van der Waals surface area contributed by atoms with Gasteiger partial charge in [-0.05, 0) is 43.9 Å². The monoisotopic (exact) mass is 530 g/mol. The predicted molar refractivity (Wildman–Crippen MR) is 142 cm³/mol. The molecule has 1 aromatic heterocycles. The number of methoxy groups -OCH3 is 2. The third-order valence-corrected chi connectivity index (χ3v) is 6.90.